The van der Waals surface area contributed by atoms with Crippen molar-refractivity contribution < 1.29 is 4.39 Å². The smallest absolute Gasteiger partial charge is 0.137 e. The molecule has 1 aromatic carbocycles. The molecular weight excluding hydrogens is 292 g/mol. The Bertz CT molecular complexity index is 366. The highest BCUT2D eigenvalue weighted by atomic mass is 79.9. The minimum absolute atomic E-state index is 0.0244. The van der Waals surface area contributed by atoms with Crippen molar-refractivity contribution in [1.82, 2.24) is 5.32 Å². The summed E-state index contributed by atoms with van der Waals surface area (Å²) in [6.07, 6.45) is 0. The molecule has 0 spiro atoms. The third-order valence-corrected chi connectivity index (χ3v) is 3.88. The van der Waals surface area contributed by atoms with Crippen LogP contribution < -0.4 is 5.32 Å². The Labute approximate surface area is 110 Å². The van der Waals surface area contributed by atoms with Crippen LogP contribution in [0.3, 0.4) is 0 Å². The molecule has 16 heavy (non-hydrogen) atoms. The molecular formula is C12H16BrClFN. The highest BCUT2D eigenvalue weighted by Crippen LogP contribution is 2.19. The van der Waals surface area contributed by atoms with Gasteiger partial charge in [-0.05, 0) is 54.4 Å². The van der Waals surface area contributed by atoms with Crippen molar-refractivity contribution in [3.05, 3.63) is 34.1 Å². The van der Waals surface area contributed by atoms with Crippen molar-refractivity contribution in [3.8, 4) is 0 Å². The normalized spacial score (nSPS) is 13.9. The highest BCUT2D eigenvalue weighted by molar-refractivity contribution is 9.10. The van der Waals surface area contributed by atoms with Crippen LogP contribution in [0, 0.1) is 5.82 Å². The largest absolute Gasteiger partial charge is 0.306 e. The van der Waals surface area contributed by atoms with E-state index in [9.17, 15) is 4.39 Å². The van der Waals surface area contributed by atoms with Crippen molar-refractivity contribution in [1.29, 1.82) is 0 Å². The van der Waals surface area contributed by atoms with Crippen LogP contribution in [-0.4, -0.2) is 10.9 Å². The van der Waals surface area contributed by atoms with E-state index >= 15 is 0 Å². The Morgan fingerprint density at radius 1 is 1.50 bits per heavy atom. The fraction of sp³-hybridized carbons (Fsp3) is 0.500. The van der Waals surface area contributed by atoms with Crippen LogP contribution in [-0.2, 0) is 6.54 Å². The van der Waals surface area contributed by atoms with Gasteiger partial charge < -0.3 is 5.32 Å². The molecule has 1 rings (SSSR count). The highest BCUT2D eigenvalue weighted by Gasteiger charge is 2.22. The van der Waals surface area contributed by atoms with Crippen molar-refractivity contribution in [3.63, 3.8) is 0 Å². The fourth-order valence-electron chi connectivity index (χ4n) is 1.12. The van der Waals surface area contributed by atoms with E-state index in [-0.39, 0.29) is 16.7 Å². The summed E-state index contributed by atoms with van der Waals surface area (Å²) in [5, 5.41) is 3.37. The summed E-state index contributed by atoms with van der Waals surface area (Å²) >= 11 is 9.23. The lowest BCUT2D eigenvalue weighted by Gasteiger charge is -2.29. The van der Waals surface area contributed by atoms with Gasteiger partial charge in [-0.15, -0.1) is 11.6 Å². The second kappa shape index (κ2) is 5.48. The maximum absolute atomic E-state index is 13.0. The van der Waals surface area contributed by atoms with Crippen molar-refractivity contribution in [2.24, 2.45) is 0 Å². The molecule has 1 nitrogen and oxygen atoms in total. The first-order chi connectivity index (χ1) is 7.33. The minimum atomic E-state index is -0.242. The number of rotatable bonds is 4. The maximum atomic E-state index is 13.0. The number of nitrogens with one attached hydrogen (secondary N) is 1. The van der Waals surface area contributed by atoms with Crippen LogP contribution >= 0.6 is 27.5 Å². The molecule has 1 aromatic rings. The van der Waals surface area contributed by atoms with Crippen LogP contribution in [0.25, 0.3) is 0 Å². The molecule has 1 N–H and O–H groups in total. The summed E-state index contributed by atoms with van der Waals surface area (Å²) in [4.78, 5) is 0. The first kappa shape index (κ1) is 13.9. The third-order valence-electron chi connectivity index (χ3n) is 2.73. The van der Waals surface area contributed by atoms with Crippen molar-refractivity contribution in [2.75, 3.05) is 0 Å². The molecule has 0 aromatic heterocycles. The molecule has 1 unspecified atom stereocenters. The molecule has 0 aliphatic rings. The number of hydrogen-bond donors (Lipinski definition) is 1. The second-order valence-electron chi connectivity index (χ2n) is 4.44. The van der Waals surface area contributed by atoms with Crippen molar-refractivity contribution in [2.45, 2.75) is 38.2 Å². The molecule has 1 atom stereocenters. The average Bonchev–Trinajstić information content (AvgIpc) is 2.20. The summed E-state index contributed by atoms with van der Waals surface area (Å²) in [6.45, 7) is 6.71. The molecule has 0 heterocycles. The van der Waals surface area contributed by atoms with Crippen LogP contribution in [0.15, 0.2) is 22.7 Å². The summed E-state index contributed by atoms with van der Waals surface area (Å²) in [7, 11) is 0. The van der Waals surface area contributed by atoms with E-state index in [1.165, 1.54) is 6.07 Å². The zero-order valence-corrected chi connectivity index (χ0v) is 12.0. The molecule has 0 aliphatic heterocycles. The Morgan fingerprint density at radius 3 is 2.62 bits per heavy atom. The number of alkyl halides is 1. The predicted molar refractivity (Wildman–Crippen MR) is 70.3 cm³/mol. The van der Waals surface area contributed by atoms with Gasteiger partial charge in [-0.25, -0.2) is 4.39 Å². The molecule has 0 fully saturated rings. The van der Waals surface area contributed by atoms with Gasteiger partial charge in [-0.3, -0.25) is 0 Å². The maximum Gasteiger partial charge on any atom is 0.137 e. The first-order valence-electron chi connectivity index (χ1n) is 5.16. The lowest BCUT2D eigenvalue weighted by Crippen LogP contribution is -2.45. The van der Waals surface area contributed by atoms with Crippen LogP contribution in [0.2, 0.25) is 0 Å². The number of halogens is 3. The monoisotopic (exact) mass is 307 g/mol. The molecule has 0 radical (unpaired) electrons. The molecule has 90 valence electrons. The Morgan fingerprint density at radius 2 is 2.12 bits per heavy atom. The van der Waals surface area contributed by atoms with Gasteiger partial charge in [0.1, 0.15) is 5.82 Å². The molecule has 0 aliphatic carbocycles. The lowest BCUT2D eigenvalue weighted by molar-refractivity contribution is 0.380. The topological polar surface area (TPSA) is 12.0 Å². The Kier molecular flexibility index (Phi) is 4.77. The molecule has 4 heteroatoms. The van der Waals surface area contributed by atoms with Crippen molar-refractivity contribution >= 4 is 27.5 Å². The Hall–Kier alpha value is -0.120. The summed E-state index contributed by atoms with van der Waals surface area (Å²) in [5.41, 5.74) is 0.876. The van der Waals surface area contributed by atoms with Gasteiger partial charge in [-0.2, -0.15) is 0 Å². The van der Waals surface area contributed by atoms with E-state index in [2.05, 4.69) is 21.2 Å². The van der Waals surface area contributed by atoms with E-state index < -0.39 is 0 Å². The fourth-order valence-corrected chi connectivity index (χ4v) is 1.62. The summed E-state index contributed by atoms with van der Waals surface area (Å²) in [6, 6.07) is 5.00. The van der Waals surface area contributed by atoms with Gasteiger partial charge in [0.05, 0.1) is 4.47 Å². The minimum Gasteiger partial charge on any atom is -0.306 e. The standard InChI is InChI=1S/C12H16BrClFN/c1-8(14)12(2,3)16-7-9-4-5-11(15)10(13)6-9/h4-6,8,16H,7H2,1-3H3. The Balaban J connectivity index is 2.65. The van der Waals surface area contributed by atoms with E-state index in [0.29, 0.717) is 11.0 Å². The molecule has 0 amide bonds. The van der Waals surface area contributed by atoms with Crippen LogP contribution in [0.5, 0.6) is 0 Å². The number of benzene rings is 1. The van der Waals surface area contributed by atoms with Crippen LogP contribution in [0.4, 0.5) is 4.39 Å². The zero-order valence-electron chi connectivity index (χ0n) is 9.65. The van der Waals surface area contributed by atoms with Gasteiger partial charge in [0, 0.05) is 17.5 Å². The molecule has 0 saturated carbocycles. The number of hydrogen-bond acceptors (Lipinski definition) is 1. The molecule has 0 bridgehead atoms. The molecule has 0 saturated heterocycles. The third kappa shape index (κ3) is 3.72. The zero-order chi connectivity index (χ0) is 12.3. The van der Waals surface area contributed by atoms with E-state index in [0.717, 1.165) is 5.56 Å². The van der Waals surface area contributed by atoms with E-state index in [4.69, 9.17) is 11.6 Å². The van der Waals surface area contributed by atoms with Gasteiger partial charge in [0.2, 0.25) is 0 Å². The van der Waals surface area contributed by atoms with E-state index in [1.807, 2.05) is 20.8 Å². The average molecular weight is 309 g/mol. The first-order valence-corrected chi connectivity index (χ1v) is 6.39. The second-order valence-corrected chi connectivity index (χ2v) is 5.95. The van der Waals surface area contributed by atoms with E-state index in [1.54, 1.807) is 12.1 Å². The SMILES string of the molecule is CC(Cl)C(C)(C)NCc1ccc(F)c(Br)c1. The van der Waals surface area contributed by atoms with Gasteiger partial charge in [-0.1, -0.05) is 6.07 Å². The van der Waals surface area contributed by atoms with Gasteiger partial charge in [0.15, 0.2) is 0 Å². The van der Waals surface area contributed by atoms with Gasteiger partial charge in [0.25, 0.3) is 0 Å². The quantitative estimate of drug-likeness (QED) is 0.826. The van der Waals surface area contributed by atoms with Gasteiger partial charge >= 0.3 is 0 Å². The summed E-state index contributed by atoms with van der Waals surface area (Å²) in [5.74, 6) is -0.242. The lowest BCUT2D eigenvalue weighted by atomic mass is 10.0. The summed E-state index contributed by atoms with van der Waals surface area (Å²) < 4.78 is 13.5. The predicted octanol–water partition coefficient (Wildman–Crippen LogP) is 4.08. The van der Waals surface area contributed by atoms with Crippen LogP contribution in [0.1, 0.15) is 26.3 Å².